The Morgan fingerprint density at radius 2 is 2.10 bits per heavy atom. The van der Waals surface area contributed by atoms with Crippen LogP contribution >= 0.6 is 0 Å². The second-order valence-electron chi connectivity index (χ2n) is 5.16. The molecule has 21 heavy (non-hydrogen) atoms. The zero-order valence-electron chi connectivity index (χ0n) is 11.3. The number of halogens is 1. The van der Waals surface area contributed by atoms with Crippen molar-refractivity contribution in [3.63, 3.8) is 0 Å². The monoisotopic (exact) mass is 283 g/mol. The molecule has 0 saturated heterocycles. The highest BCUT2D eigenvalue weighted by atomic mass is 19.1. The summed E-state index contributed by atoms with van der Waals surface area (Å²) in [5.74, 6) is 0.967. The molecule has 0 saturated carbocycles. The van der Waals surface area contributed by atoms with Gasteiger partial charge >= 0.3 is 0 Å². The molecule has 1 atom stereocenters. The van der Waals surface area contributed by atoms with Gasteiger partial charge in [0, 0.05) is 18.1 Å². The van der Waals surface area contributed by atoms with E-state index in [2.05, 4.69) is 4.98 Å². The second kappa shape index (κ2) is 4.48. The number of hydrogen-bond acceptors (Lipinski definition) is 3. The van der Waals surface area contributed by atoms with Gasteiger partial charge in [-0.05, 0) is 18.2 Å². The van der Waals surface area contributed by atoms with E-state index >= 15 is 0 Å². The molecule has 0 radical (unpaired) electrons. The van der Waals surface area contributed by atoms with Crippen molar-refractivity contribution in [1.82, 2.24) is 9.55 Å². The lowest BCUT2D eigenvalue weighted by Gasteiger charge is -2.28. The molecule has 106 valence electrons. The van der Waals surface area contributed by atoms with Crippen LogP contribution in [0.5, 0.6) is 5.75 Å². The highest BCUT2D eigenvalue weighted by Crippen LogP contribution is 2.37. The van der Waals surface area contributed by atoms with E-state index in [9.17, 15) is 4.39 Å². The van der Waals surface area contributed by atoms with Crippen molar-refractivity contribution in [3.8, 4) is 5.75 Å². The van der Waals surface area contributed by atoms with Gasteiger partial charge in [0.2, 0.25) is 5.95 Å². The summed E-state index contributed by atoms with van der Waals surface area (Å²) in [6.07, 6.45) is 0.810. The van der Waals surface area contributed by atoms with Gasteiger partial charge in [-0.2, -0.15) is 0 Å². The van der Waals surface area contributed by atoms with Gasteiger partial charge in [0.15, 0.2) is 0 Å². The molecular weight excluding hydrogens is 269 g/mol. The third-order valence-electron chi connectivity index (χ3n) is 3.92. The van der Waals surface area contributed by atoms with E-state index in [1.54, 1.807) is 6.07 Å². The van der Waals surface area contributed by atoms with Crippen LogP contribution in [0.4, 0.5) is 10.3 Å². The van der Waals surface area contributed by atoms with Crippen LogP contribution in [-0.2, 0) is 0 Å². The van der Waals surface area contributed by atoms with E-state index in [0.717, 1.165) is 23.3 Å². The van der Waals surface area contributed by atoms with E-state index in [0.29, 0.717) is 18.1 Å². The lowest BCUT2D eigenvalue weighted by atomic mass is 10.00. The molecular formula is C16H14FN3O. The number of benzene rings is 2. The first-order valence-corrected chi connectivity index (χ1v) is 6.89. The Labute approximate surface area is 121 Å². The third kappa shape index (κ3) is 1.85. The summed E-state index contributed by atoms with van der Waals surface area (Å²) >= 11 is 0. The van der Waals surface area contributed by atoms with Gasteiger partial charge in [0.05, 0.1) is 23.7 Å². The minimum absolute atomic E-state index is 0.0606. The van der Waals surface area contributed by atoms with Crippen LogP contribution in [0.3, 0.4) is 0 Å². The van der Waals surface area contributed by atoms with Gasteiger partial charge < -0.3 is 15.0 Å². The summed E-state index contributed by atoms with van der Waals surface area (Å²) in [6, 6.07) is 12.6. The third-order valence-corrected chi connectivity index (χ3v) is 3.92. The molecule has 0 fully saturated rings. The van der Waals surface area contributed by atoms with E-state index in [1.165, 1.54) is 12.1 Å². The standard InChI is InChI=1S/C16H14FN3O/c17-10-5-6-14-12(9-10)19-16(18)20(14)13-7-8-21-15-4-2-1-3-11(13)15/h1-6,9,13H,7-8H2,(H2,18,19). The Kier molecular flexibility index (Phi) is 2.60. The Morgan fingerprint density at radius 3 is 3.00 bits per heavy atom. The lowest BCUT2D eigenvalue weighted by molar-refractivity contribution is 0.259. The predicted molar refractivity (Wildman–Crippen MR) is 78.8 cm³/mol. The van der Waals surface area contributed by atoms with Gasteiger partial charge in [0.25, 0.3) is 0 Å². The molecule has 0 spiro atoms. The molecule has 1 aliphatic rings. The van der Waals surface area contributed by atoms with Gasteiger partial charge in [-0.15, -0.1) is 0 Å². The number of fused-ring (bicyclic) bond motifs is 2. The zero-order chi connectivity index (χ0) is 14.4. The van der Waals surface area contributed by atoms with Crippen LogP contribution in [-0.4, -0.2) is 16.2 Å². The number of anilines is 1. The minimum Gasteiger partial charge on any atom is -0.493 e. The number of nitrogens with zero attached hydrogens (tertiary/aromatic N) is 2. The van der Waals surface area contributed by atoms with Crippen molar-refractivity contribution < 1.29 is 9.13 Å². The fourth-order valence-corrected chi connectivity index (χ4v) is 3.01. The maximum Gasteiger partial charge on any atom is 0.201 e. The molecule has 2 heterocycles. The van der Waals surface area contributed by atoms with Crippen LogP contribution in [0.2, 0.25) is 0 Å². The van der Waals surface area contributed by atoms with Gasteiger partial charge in [-0.3, -0.25) is 0 Å². The summed E-state index contributed by atoms with van der Waals surface area (Å²) in [6.45, 7) is 0.627. The van der Waals surface area contributed by atoms with Gasteiger partial charge in [0.1, 0.15) is 11.6 Å². The first-order chi connectivity index (χ1) is 10.2. The van der Waals surface area contributed by atoms with Crippen molar-refractivity contribution in [1.29, 1.82) is 0 Å². The Bertz CT molecular complexity index is 828. The summed E-state index contributed by atoms with van der Waals surface area (Å²) < 4.78 is 21.0. The molecule has 0 aliphatic carbocycles. The van der Waals surface area contributed by atoms with Gasteiger partial charge in [-0.1, -0.05) is 18.2 Å². The van der Waals surface area contributed by atoms with E-state index in [4.69, 9.17) is 10.5 Å². The van der Waals surface area contributed by atoms with Crippen LogP contribution in [0.25, 0.3) is 11.0 Å². The number of nitrogens with two attached hydrogens (primary N) is 1. The normalized spacial score (nSPS) is 17.5. The van der Waals surface area contributed by atoms with Crippen molar-refractivity contribution in [2.45, 2.75) is 12.5 Å². The molecule has 1 aliphatic heterocycles. The number of para-hydroxylation sites is 1. The molecule has 5 heteroatoms. The lowest BCUT2D eigenvalue weighted by Crippen LogP contribution is -2.21. The zero-order valence-corrected chi connectivity index (χ0v) is 11.3. The van der Waals surface area contributed by atoms with Crippen molar-refractivity contribution >= 4 is 17.0 Å². The fourth-order valence-electron chi connectivity index (χ4n) is 3.01. The van der Waals surface area contributed by atoms with E-state index < -0.39 is 0 Å². The second-order valence-corrected chi connectivity index (χ2v) is 5.16. The Morgan fingerprint density at radius 1 is 1.24 bits per heavy atom. The number of aromatic nitrogens is 2. The van der Waals surface area contributed by atoms with Crippen molar-refractivity contribution in [2.75, 3.05) is 12.3 Å². The summed E-state index contributed by atoms with van der Waals surface area (Å²) in [5.41, 5.74) is 8.59. The first kappa shape index (κ1) is 12.2. The molecule has 1 unspecified atom stereocenters. The highest BCUT2D eigenvalue weighted by molar-refractivity contribution is 5.79. The number of imidazole rings is 1. The van der Waals surface area contributed by atoms with Crippen LogP contribution < -0.4 is 10.5 Å². The molecule has 0 bridgehead atoms. The Balaban J connectivity index is 1.94. The summed E-state index contributed by atoms with van der Waals surface area (Å²) in [5, 5.41) is 0. The number of hydrogen-bond donors (Lipinski definition) is 1. The molecule has 1 aromatic heterocycles. The van der Waals surface area contributed by atoms with Crippen LogP contribution in [0, 0.1) is 5.82 Å². The van der Waals surface area contributed by atoms with Gasteiger partial charge in [-0.25, -0.2) is 9.37 Å². The molecule has 2 N–H and O–H groups in total. The average molecular weight is 283 g/mol. The highest BCUT2D eigenvalue weighted by Gasteiger charge is 2.25. The minimum atomic E-state index is -0.306. The summed E-state index contributed by atoms with van der Waals surface area (Å²) in [4.78, 5) is 4.28. The Hall–Kier alpha value is -2.56. The number of ether oxygens (including phenoxy) is 1. The van der Waals surface area contributed by atoms with Crippen molar-refractivity contribution in [3.05, 3.63) is 53.8 Å². The first-order valence-electron chi connectivity index (χ1n) is 6.89. The molecule has 3 aromatic rings. The number of rotatable bonds is 1. The topological polar surface area (TPSA) is 53.1 Å². The maximum atomic E-state index is 13.3. The van der Waals surface area contributed by atoms with E-state index in [1.807, 2.05) is 28.8 Å². The molecule has 2 aromatic carbocycles. The number of nitrogen functional groups attached to an aromatic ring is 1. The summed E-state index contributed by atoms with van der Waals surface area (Å²) in [7, 11) is 0. The molecule has 4 rings (SSSR count). The fraction of sp³-hybridized carbons (Fsp3) is 0.188. The molecule has 0 amide bonds. The largest absolute Gasteiger partial charge is 0.493 e. The quantitative estimate of drug-likeness (QED) is 0.746. The SMILES string of the molecule is Nc1nc2cc(F)ccc2n1C1CCOc2ccccc21. The molecule has 4 nitrogen and oxygen atoms in total. The predicted octanol–water partition coefficient (Wildman–Crippen LogP) is 3.13. The smallest absolute Gasteiger partial charge is 0.201 e. The van der Waals surface area contributed by atoms with Crippen LogP contribution in [0.1, 0.15) is 18.0 Å². The van der Waals surface area contributed by atoms with E-state index in [-0.39, 0.29) is 11.9 Å². The maximum absolute atomic E-state index is 13.3. The average Bonchev–Trinajstić information content (AvgIpc) is 2.81. The van der Waals surface area contributed by atoms with Crippen LogP contribution in [0.15, 0.2) is 42.5 Å². The van der Waals surface area contributed by atoms with Crippen molar-refractivity contribution in [2.24, 2.45) is 0 Å².